The summed E-state index contributed by atoms with van der Waals surface area (Å²) in [6.45, 7) is 6.76. The maximum atomic E-state index is 12.3. The predicted octanol–water partition coefficient (Wildman–Crippen LogP) is 0.0541. The number of carbonyl (C=O) groups is 2. The fraction of sp³-hybridized carbons (Fsp3) is 0.857. The molecule has 1 N–H and O–H groups in total. The van der Waals surface area contributed by atoms with Crippen molar-refractivity contribution in [2.75, 3.05) is 46.5 Å². The summed E-state index contributed by atoms with van der Waals surface area (Å²) in [6.07, 6.45) is 1.40. The molecule has 0 spiro atoms. The number of piperidine rings is 1. The van der Waals surface area contributed by atoms with Crippen LogP contribution in [0.5, 0.6) is 0 Å². The van der Waals surface area contributed by atoms with Gasteiger partial charge in [0.05, 0.1) is 20.3 Å². The highest BCUT2D eigenvalue weighted by atomic mass is 16.5. The molecule has 2 fully saturated rings. The number of amides is 2. The second kappa shape index (κ2) is 7.61. The minimum Gasteiger partial charge on any atom is -0.453 e. The van der Waals surface area contributed by atoms with Gasteiger partial charge in [-0.25, -0.2) is 4.79 Å². The molecular formula is C14H25N3O4. The lowest BCUT2D eigenvalue weighted by molar-refractivity contribution is -0.134. The second-order valence-electron chi connectivity index (χ2n) is 5.56. The van der Waals surface area contributed by atoms with E-state index in [0.29, 0.717) is 6.04 Å². The lowest BCUT2D eigenvalue weighted by Crippen LogP contribution is -2.53. The van der Waals surface area contributed by atoms with Gasteiger partial charge < -0.3 is 19.7 Å². The van der Waals surface area contributed by atoms with Gasteiger partial charge >= 0.3 is 6.09 Å². The van der Waals surface area contributed by atoms with Crippen molar-refractivity contribution in [2.24, 2.45) is 0 Å². The third-order valence-electron chi connectivity index (χ3n) is 4.23. The number of alkyl carbamates (subject to hydrolysis) is 1. The average molecular weight is 299 g/mol. The van der Waals surface area contributed by atoms with Crippen molar-refractivity contribution in [3.63, 3.8) is 0 Å². The Morgan fingerprint density at radius 1 is 1.19 bits per heavy atom. The van der Waals surface area contributed by atoms with E-state index in [1.807, 2.05) is 4.90 Å². The van der Waals surface area contributed by atoms with Crippen LogP contribution in [-0.4, -0.2) is 80.4 Å². The molecule has 1 atom stereocenters. The Hall–Kier alpha value is -1.34. The fourth-order valence-electron chi connectivity index (χ4n) is 2.97. The summed E-state index contributed by atoms with van der Waals surface area (Å²) in [5.74, 6) is -0.0409. The number of morpholine rings is 1. The number of likely N-dealkylation sites (tertiary alicyclic amines) is 1. The van der Waals surface area contributed by atoms with Gasteiger partial charge in [-0.05, 0) is 19.8 Å². The average Bonchev–Trinajstić information content (AvgIpc) is 2.55. The number of nitrogens with one attached hydrogen (secondary N) is 1. The Bertz CT molecular complexity index is 363. The van der Waals surface area contributed by atoms with E-state index in [-0.39, 0.29) is 5.91 Å². The third-order valence-corrected chi connectivity index (χ3v) is 4.23. The van der Waals surface area contributed by atoms with Crippen LogP contribution in [0.15, 0.2) is 0 Å². The standard InChI is InChI=1S/C14H25N3O4/c1-11(15-14(19)20-2)13(18)17-5-3-12(4-6-17)16-7-9-21-10-8-16/h11-12H,3-10H2,1-2H3,(H,15,19). The van der Waals surface area contributed by atoms with Crippen molar-refractivity contribution in [3.8, 4) is 0 Å². The molecule has 7 heteroatoms. The molecule has 2 aliphatic heterocycles. The Balaban J connectivity index is 1.77. The molecule has 0 radical (unpaired) electrons. The molecule has 2 saturated heterocycles. The Morgan fingerprint density at radius 3 is 2.38 bits per heavy atom. The number of methoxy groups -OCH3 is 1. The number of ether oxygens (including phenoxy) is 2. The van der Waals surface area contributed by atoms with E-state index in [0.717, 1.165) is 52.2 Å². The normalized spacial score (nSPS) is 22.7. The van der Waals surface area contributed by atoms with Gasteiger partial charge in [0.2, 0.25) is 5.91 Å². The molecule has 0 bridgehead atoms. The quantitative estimate of drug-likeness (QED) is 0.797. The van der Waals surface area contributed by atoms with Crippen molar-refractivity contribution in [3.05, 3.63) is 0 Å². The van der Waals surface area contributed by atoms with Crippen LogP contribution in [0, 0.1) is 0 Å². The van der Waals surface area contributed by atoms with E-state index in [1.54, 1.807) is 6.92 Å². The van der Waals surface area contributed by atoms with E-state index in [2.05, 4.69) is 15.0 Å². The summed E-state index contributed by atoms with van der Waals surface area (Å²) in [5.41, 5.74) is 0. The Morgan fingerprint density at radius 2 is 1.81 bits per heavy atom. The van der Waals surface area contributed by atoms with Crippen LogP contribution in [0.4, 0.5) is 4.79 Å². The lowest BCUT2D eigenvalue weighted by atomic mass is 10.0. The van der Waals surface area contributed by atoms with Gasteiger partial charge in [-0.15, -0.1) is 0 Å². The zero-order valence-electron chi connectivity index (χ0n) is 12.8. The zero-order valence-corrected chi connectivity index (χ0v) is 12.8. The Labute approximate surface area is 125 Å². The maximum Gasteiger partial charge on any atom is 0.407 e. The summed E-state index contributed by atoms with van der Waals surface area (Å²) in [4.78, 5) is 27.7. The molecule has 2 aliphatic rings. The summed E-state index contributed by atoms with van der Waals surface area (Å²) < 4.78 is 9.89. The molecular weight excluding hydrogens is 274 g/mol. The van der Waals surface area contributed by atoms with Crippen LogP contribution >= 0.6 is 0 Å². The predicted molar refractivity (Wildman–Crippen MR) is 77.0 cm³/mol. The van der Waals surface area contributed by atoms with Gasteiger partial charge in [0.25, 0.3) is 0 Å². The highest BCUT2D eigenvalue weighted by Gasteiger charge is 2.30. The smallest absolute Gasteiger partial charge is 0.407 e. The van der Waals surface area contributed by atoms with Gasteiger partial charge in [0, 0.05) is 32.2 Å². The van der Waals surface area contributed by atoms with Crippen LogP contribution in [0.25, 0.3) is 0 Å². The number of nitrogens with zero attached hydrogens (tertiary/aromatic N) is 2. The summed E-state index contributed by atoms with van der Waals surface area (Å²) in [5, 5.41) is 2.52. The largest absolute Gasteiger partial charge is 0.453 e. The number of carbonyl (C=O) groups excluding carboxylic acids is 2. The zero-order chi connectivity index (χ0) is 15.2. The van der Waals surface area contributed by atoms with Crippen LogP contribution < -0.4 is 5.32 Å². The van der Waals surface area contributed by atoms with E-state index >= 15 is 0 Å². The lowest BCUT2D eigenvalue weighted by Gasteiger charge is -2.40. The first-order chi connectivity index (χ1) is 10.1. The molecule has 2 amide bonds. The molecule has 7 nitrogen and oxygen atoms in total. The maximum absolute atomic E-state index is 12.3. The Kier molecular flexibility index (Phi) is 5.81. The van der Waals surface area contributed by atoms with E-state index in [9.17, 15) is 9.59 Å². The number of hydrogen-bond acceptors (Lipinski definition) is 5. The molecule has 21 heavy (non-hydrogen) atoms. The highest BCUT2D eigenvalue weighted by molar-refractivity contribution is 5.85. The molecule has 0 aromatic rings. The number of rotatable bonds is 3. The fourth-order valence-corrected chi connectivity index (χ4v) is 2.97. The van der Waals surface area contributed by atoms with Gasteiger partial charge in [0.1, 0.15) is 6.04 Å². The van der Waals surface area contributed by atoms with Crippen molar-refractivity contribution in [1.29, 1.82) is 0 Å². The van der Waals surface area contributed by atoms with Crippen molar-refractivity contribution in [1.82, 2.24) is 15.1 Å². The van der Waals surface area contributed by atoms with Crippen LogP contribution in [0.3, 0.4) is 0 Å². The first-order valence-electron chi connectivity index (χ1n) is 7.57. The van der Waals surface area contributed by atoms with Crippen LogP contribution in [0.2, 0.25) is 0 Å². The SMILES string of the molecule is COC(=O)NC(C)C(=O)N1CCC(N2CCOCC2)CC1. The van der Waals surface area contributed by atoms with Gasteiger partial charge in [0.15, 0.2) is 0 Å². The van der Waals surface area contributed by atoms with Gasteiger partial charge in [-0.2, -0.15) is 0 Å². The summed E-state index contributed by atoms with van der Waals surface area (Å²) >= 11 is 0. The van der Waals surface area contributed by atoms with Crippen molar-refractivity contribution >= 4 is 12.0 Å². The van der Waals surface area contributed by atoms with Crippen molar-refractivity contribution < 1.29 is 19.1 Å². The molecule has 120 valence electrons. The van der Waals surface area contributed by atoms with E-state index in [1.165, 1.54) is 7.11 Å². The van der Waals surface area contributed by atoms with Crippen LogP contribution in [0.1, 0.15) is 19.8 Å². The highest BCUT2D eigenvalue weighted by Crippen LogP contribution is 2.18. The number of hydrogen-bond donors (Lipinski definition) is 1. The molecule has 1 unspecified atom stereocenters. The van der Waals surface area contributed by atoms with Crippen LogP contribution in [-0.2, 0) is 14.3 Å². The monoisotopic (exact) mass is 299 g/mol. The first-order valence-corrected chi connectivity index (χ1v) is 7.57. The summed E-state index contributed by atoms with van der Waals surface area (Å²) in [6, 6.07) is -0.000732. The molecule has 0 saturated carbocycles. The molecule has 0 aromatic heterocycles. The van der Waals surface area contributed by atoms with Gasteiger partial charge in [-0.1, -0.05) is 0 Å². The minimum atomic E-state index is -0.570. The third kappa shape index (κ3) is 4.31. The van der Waals surface area contributed by atoms with E-state index in [4.69, 9.17) is 4.74 Å². The minimum absolute atomic E-state index is 0.0409. The first kappa shape index (κ1) is 16.0. The second-order valence-corrected chi connectivity index (χ2v) is 5.56. The molecule has 0 aliphatic carbocycles. The molecule has 2 rings (SSSR count). The van der Waals surface area contributed by atoms with Crippen molar-refractivity contribution in [2.45, 2.75) is 31.8 Å². The van der Waals surface area contributed by atoms with Gasteiger partial charge in [-0.3, -0.25) is 9.69 Å². The topological polar surface area (TPSA) is 71.1 Å². The molecule has 2 heterocycles. The molecule has 0 aromatic carbocycles. The van der Waals surface area contributed by atoms with E-state index < -0.39 is 12.1 Å². The summed E-state index contributed by atoms with van der Waals surface area (Å²) in [7, 11) is 1.29.